The first-order chi connectivity index (χ1) is 7.95. The molecule has 1 amide bonds. The second kappa shape index (κ2) is 6.10. The van der Waals surface area contributed by atoms with E-state index < -0.39 is 0 Å². The van der Waals surface area contributed by atoms with Crippen LogP contribution in [-0.4, -0.2) is 18.2 Å². The molecule has 17 heavy (non-hydrogen) atoms. The molecule has 94 valence electrons. The molecule has 0 saturated carbocycles. The summed E-state index contributed by atoms with van der Waals surface area (Å²) in [5, 5.41) is 3.04. The largest absolute Gasteiger partial charge is 0.349 e. The van der Waals surface area contributed by atoms with E-state index in [1.807, 2.05) is 38.3 Å². The Balaban J connectivity index is 2.88. The van der Waals surface area contributed by atoms with Crippen LogP contribution in [0.25, 0.3) is 0 Å². The topological polar surface area (TPSA) is 29.1 Å². The summed E-state index contributed by atoms with van der Waals surface area (Å²) in [6.07, 6.45) is 2.02. The smallest absolute Gasteiger partial charge is 0.251 e. The molecule has 0 aliphatic rings. The zero-order valence-electron chi connectivity index (χ0n) is 11.2. The Morgan fingerprint density at radius 2 is 1.94 bits per heavy atom. The van der Waals surface area contributed by atoms with Crippen LogP contribution in [0.5, 0.6) is 0 Å². The second-order valence-corrected chi connectivity index (χ2v) is 5.57. The van der Waals surface area contributed by atoms with Crippen molar-refractivity contribution < 1.29 is 4.79 Å². The van der Waals surface area contributed by atoms with Crippen LogP contribution in [-0.2, 0) is 0 Å². The van der Waals surface area contributed by atoms with Crippen LogP contribution in [0.3, 0.4) is 0 Å². The lowest BCUT2D eigenvalue weighted by Crippen LogP contribution is -2.36. The maximum atomic E-state index is 12.1. The molecule has 0 aliphatic heterocycles. The van der Waals surface area contributed by atoms with Crippen LogP contribution in [0.1, 0.15) is 36.7 Å². The quantitative estimate of drug-likeness (QED) is 0.830. The van der Waals surface area contributed by atoms with E-state index in [1.165, 1.54) is 0 Å². The van der Waals surface area contributed by atoms with E-state index in [4.69, 9.17) is 0 Å². The molecule has 0 heterocycles. The van der Waals surface area contributed by atoms with Crippen LogP contribution in [0.4, 0.5) is 0 Å². The summed E-state index contributed by atoms with van der Waals surface area (Å²) >= 11 is 1.65. The molecule has 0 saturated heterocycles. The zero-order valence-corrected chi connectivity index (χ0v) is 12.0. The van der Waals surface area contributed by atoms with Gasteiger partial charge in [-0.1, -0.05) is 19.9 Å². The number of nitrogens with one attached hydrogen (secondary N) is 1. The van der Waals surface area contributed by atoms with Crippen LogP contribution in [0, 0.1) is 12.8 Å². The Hall–Kier alpha value is -0.960. The third kappa shape index (κ3) is 3.77. The molecule has 0 aromatic heterocycles. The van der Waals surface area contributed by atoms with E-state index in [2.05, 4.69) is 19.2 Å². The van der Waals surface area contributed by atoms with Gasteiger partial charge in [-0.3, -0.25) is 4.79 Å². The molecule has 1 unspecified atom stereocenters. The zero-order chi connectivity index (χ0) is 13.0. The summed E-state index contributed by atoms with van der Waals surface area (Å²) in [4.78, 5) is 13.3. The summed E-state index contributed by atoms with van der Waals surface area (Å²) in [5.41, 5.74) is 1.81. The van der Waals surface area contributed by atoms with Gasteiger partial charge in [0.2, 0.25) is 0 Å². The molecule has 0 radical (unpaired) electrons. The summed E-state index contributed by atoms with van der Waals surface area (Å²) in [5.74, 6) is 0.475. The minimum atomic E-state index is 0.0274. The SMILES string of the molecule is CSc1ccc(C)c(C(=O)NC(C)C(C)C)c1. The van der Waals surface area contributed by atoms with Gasteiger partial charge in [0.1, 0.15) is 0 Å². The Morgan fingerprint density at radius 3 is 2.47 bits per heavy atom. The molecule has 1 aromatic rings. The van der Waals surface area contributed by atoms with E-state index >= 15 is 0 Å². The second-order valence-electron chi connectivity index (χ2n) is 4.69. The fraction of sp³-hybridized carbons (Fsp3) is 0.500. The first-order valence-corrected chi connectivity index (χ1v) is 7.13. The minimum Gasteiger partial charge on any atom is -0.349 e. The standard InChI is InChI=1S/C14H21NOS/c1-9(2)11(4)15-14(16)13-8-12(17-5)7-6-10(13)3/h6-9,11H,1-5H3,(H,15,16). The van der Waals surface area contributed by atoms with Crippen molar-refractivity contribution in [3.63, 3.8) is 0 Å². The Kier molecular flexibility index (Phi) is 5.06. The van der Waals surface area contributed by atoms with Gasteiger partial charge in [-0.15, -0.1) is 11.8 Å². The van der Waals surface area contributed by atoms with Gasteiger partial charge in [0, 0.05) is 16.5 Å². The van der Waals surface area contributed by atoms with Gasteiger partial charge in [0.25, 0.3) is 5.91 Å². The van der Waals surface area contributed by atoms with Crippen molar-refractivity contribution in [2.24, 2.45) is 5.92 Å². The number of amides is 1. The number of carbonyl (C=O) groups is 1. The van der Waals surface area contributed by atoms with Crippen LogP contribution < -0.4 is 5.32 Å². The lowest BCUT2D eigenvalue weighted by Gasteiger charge is -2.18. The summed E-state index contributed by atoms with van der Waals surface area (Å²) < 4.78 is 0. The van der Waals surface area contributed by atoms with Gasteiger partial charge in [-0.05, 0) is 43.7 Å². The van der Waals surface area contributed by atoms with Gasteiger partial charge < -0.3 is 5.32 Å². The predicted molar refractivity (Wildman–Crippen MR) is 74.7 cm³/mol. The molecule has 0 bridgehead atoms. The number of thioether (sulfide) groups is 1. The molecule has 1 atom stereocenters. The highest BCUT2D eigenvalue weighted by Gasteiger charge is 2.14. The molecule has 1 rings (SSSR count). The van der Waals surface area contributed by atoms with Crippen LogP contribution in [0.15, 0.2) is 23.1 Å². The first kappa shape index (κ1) is 14.1. The van der Waals surface area contributed by atoms with E-state index in [0.29, 0.717) is 5.92 Å². The minimum absolute atomic E-state index is 0.0274. The average molecular weight is 251 g/mol. The van der Waals surface area contributed by atoms with Gasteiger partial charge >= 0.3 is 0 Å². The predicted octanol–water partition coefficient (Wildman–Crippen LogP) is 3.49. The lowest BCUT2D eigenvalue weighted by atomic mass is 10.0. The number of carbonyl (C=O) groups excluding carboxylic acids is 1. The van der Waals surface area contributed by atoms with Crippen molar-refractivity contribution in [3.05, 3.63) is 29.3 Å². The lowest BCUT2D eigenvalue weighted by molar-refractivity contribution is 0.0929. The van der Waals surface area contributed by atoms with E-state index in [1.54, 1.807) is 11.8 Å². The number of rotatable bonds is 4. The molecular formula is C14H21NOS. The number of benzene rings is 1. The maximum absolute atomic E-state index is 12.1. The van der Waals surface area contributed by atoms with Crippen molar-refractivity contribution in [1.29, 1.82) is 0 Å². The maximum Gasteiger partial charge on any atom is 0.251 e. The van der Waals surface area contributed by atoms with Crippen molar-refractivity contribution in [3.8, 4) is 0 Å². The summed E-state index contributed by atoms with van der Waals surface area (Å²) in [6, 6.07) is 6.20. The monoisotopic (exact) mass is 251 g/mol. The third-order valence-corrected chi connectivity index (χ3v) is 3.77. The Labute approximate surface area is 108 Å². The average Bonchev–Trinajstić information content (AvgIpc) is 2.29. The van der Waals surface area contributed by atoms with E-state index in [9.17, 15) is 4.79 Å². The number of hydrogen-bond acceptors (Lipinski definition) is 2. The number of hydrogen-bond donors (Lipinski definition) is 1. The van der Waals surface area contributed by atoms with Crippen LogP contribution >= 0.6 is 11.8 Å². The van der Waals surface area contributed by atoms with E-state index in [-0.39, 0.29) is 11.9 Å². The van der Waals surface area contributed by atoms with Crippen molar-refractivity contribution in [2.75, 3.05) is 6.26 Å². The molecule has 0 spiro atoms. The highest BCUT2D eigenvalue weighted by atomic mass is 32.2. The van der Waals surface area contributed by atoms with Crippen molar-refractivity contribution in [1.82, 2.24) is 5.32 Å². The molecule has 0 aliphatic carbocycles. The molecular weight excluding hydrogens is 230 g/mol. The first-order valence-electron chi connectivity index (χ1n) is 5.91. The Bertz CT molecular complexity index is 401. The fourth-order valence-electron chi connectivity index (χ4n) is 1.42. The summed E-state index contributed by atoms with van der Waals surface area (Å²) in [6.45, 7) is 8.22. The number of aryl methyl sites for hydroxylation is 1. The normalized spacial score (nSPS) is 12.6. The summed E-state index contributed by atoms with van der Waals surface area (Å²) in [7, 11) is 0. The molecule has 1 N–H and O–H groups in total. The van der Waals surface area contributed by atoms with Gasteiger partial charge in [0.05, 0.1) is 0 Å². The van der Waals surface area contributed by atoms with Gasteiger partial charge in [-0.2, -0.15) is 0 Å². The van der Waals surface area contributed by atoms with E-state index in [0.717, 1.165) is 16.0 Å². The van der Waals surface area contributed by atoms with Gasteiger partial charge in [0.15, 0.2) is 0 Å². The molecule has 3 heteroatoms. The highest BCUT2D eigenvalue weighted by molar-refractivity contribution is 7.98. The van der Waals surface area contributed by atoms with Gasteiger partial charge in [-0.25, -0.2) is 0 Å². The van der Waals surface area contributed by atoms with Crippen molar-refractivity contribution in [2.45, 2.75) is 38.6 Å². The van der Waals surface area contributed by atoms with Crippen LogP contribution in [0.2, 0.25) is 0 Å². The fourth-order valence-corrected chi connectivity index (χ4v) is 1.86. The third-order valence-electron chi connectivity index (χ3n) is 3.05. The van der Waals surface area contributed by atoms with Crippen molar-refractivity contribution >= 4 is 17.7 Å². The highest BCUT2D eigenvalue weighted by Crippen LogP contribution is 2.19. The molecule has 0 fully saturated rings. The molecule has 1 aromatic carbocycles. The molecule has 2 nitrogen and oxygen atoms in total. The Morgan fingerprint density at radius 1 is 1.29 bits per heavy atom.